The van der Waals surface area contributed by atoms with Crippen LogP contribution in [0.5, 0.6) is 0 Å². The Morgan fingerprint density at radius 2 is 2.08 bits per heavy atom. The van der Waals surface area contributed by atoms with Crippen LogP contribution in [0.2, 0.25) is 0 Å². The number of benzene rings is 2. The highest BCUT2D eigenvalue weighted by Crippen LogP contribution is 2.41. The van der Waals surface area contributed by atoms with Gasteiger partial charge in [0.25, 0.3) is 0 Å². The molecule has 0 saturated heterocycles. The van der Waals surface area contributed by atoms with E-state index in [-0.39, 0.29) is 35.0 Å². The van der Waals surface area contributed by atoms with Gasteiger partial charge in [-0.3, -0.25) is 0 Å². The lowest BCUT2D eigenvalue weighted by Crippen LogP contribution is -2.26. The van der Waals surface area contributed by atoms with E-state index in [1.807, 2.05) is 12.1 Å². The Morgan fingerprint density at radius 3 is 2.77 bits per heavy atom. The van der Waals surface area contributed by atoms with Gasteiger partial charge >= 0.3 is 5.97 Å². The number of rotatable bonds is 3. The van der Waals surface area contributed by atoms with Crippen molar-refractivity contribution in [1.29, 1.82) is 5.26 Å². The molecule has 26 heavy (non-hydrogen) atoms. The van der Waals surface area contributed by atoms with Crippen LogP contribution in [-0.4, -0.2) is 12.6 Å². The van der Waals surface area contributed by atoms with Crippen molar-refractivity contribution >= 4 is 16.7 Å². The number of hydrogen-bond acceptors (Lipinski definition) is 5. The number of fused-ring (bicyclic) bond motifs is 1. The summed E-state index contributed by atoms with van der Waals surface area (Å²) in [6.45, 7) is 3.35. The first-order chi connectivity index (χ1) is 12.5. The fourth-order valence-corrected chi connectivity index (χ4v) is 3.14. The first-order valence-corrected chi connectivity index (χ1v) is 8.12. The van der Waals surface area contributed by atoms with Crippen molar-refractivity contribution in [1.82, 2.24) is 0 Å². The maximum atomic E-state index is 15.3. The van der Waals surface area contributed by atoms with E-state index in [1.54, 1.807) is 44.2 Å². The van der Waals surface area contributed by atoms with E-state index in [0.29, 0.717) is 5.39 Å². The first kappa shape index (κ1) is 17.5. The Labute approximate surface area is 150 Å². The minimum atomic E-state index is -0.989. The van der Waals surface area contributed by atoms with E-state index in [1.165, 1.54) is 0 Å². The number of carbonyl (C=O) groups excluding carboxylic acids is 1. The number of halogens is 1. The molecule has 2 aromatic carbocycles. The second-order valence-electron chi connectivity index (χ2n) is 5.81. The summed E-state index contributed by atoms with van der Waals surface area (Å²) in [4.78, 5) is 12.5. The molecule has 0 saturated carbocycles. The predicted octanol–water partition coefficient (Wildman–Crippen LogP) is 3.62. The minimum Gasteiger partial charge on any atom is -0.463 e. The molecule has 0 spiro atoms. The molecule has 1 atom stereocenters. The average Bonchev–Trinajstić information content (AvgIpc) is 2.62. The van der Waals surface area contributed by atoms with E-state index in [0.717, 1.165) is 5.39 Å². The van der Waals surface area contributed by atoms with Crippen LogP contribution in [0.15, 0.2) is 59.2 Å². The van der Waals surface area contributed by atoms with E-state index in [9.17, 15) is 10.1 Å². The van der Waals surface area contributed by atoms with Crippen LogP contribution in [0.4, 0.5) is 4.39 Å². The summed E-state index contributed by atoms with van der Waals surface area (Å²) in [5.74, 6) is -2.11. The molecule has 0 aliphatic carbocycles. The number of nitriles is 1. The van der Waals surface area contributed by atoms with Crippen LogP contribution >= 0.6 is 0 Å². The summed E-state index contributed by atoms with van der Waals surface area (Å²) in [6.07, 6.45) is 0. The van der Waals surface area contributed by atoms with Gasteiger partial charge in [-0.1, -0.05) is 36.4 Å². The molecular weight excluding hydrogens is 335 g/mol. The Balaban J connectivity index is 2.27. The van der Waals surface area contributed by atoms with Crippen molar-refractivity contribution in [2.75, 3.05) is 6.61 Å². The molecule has 5 nitrogen and oxygen atoms in total. The molecule has 6 heteroatoms. The average molecular weight is 352 g/mol. The van der Waals surface area contributed by atoms with Gasteiger partial charge < -0.3 is 15.2 Å². The number of esters is 1. The molecule has 132 valence electrons. The monoisotopic (exact) mass is 352 g/mol. The maximum Gasteiger partial charge on any atom is 0.338 e. The van der Waals surface area contributed by atoms with Crippen LogP contribution in [0, 0.1) is 17.1 Å². The summed E-state index contributed by atoms with van der Waals surface area (Å²) in [5, 5.41) is 10.7. The number of ether oxygens (including phenoxy) is 2. The highest BCUT2D eigenvalue weighted by molar-refractivity contribution is 5.93. The molecule has 1 aliphatic rings. The van der Waals surface area contributed by atoms with Crippen molar-refractivity contribution in [3.05, 3.63) is 70.6 Å². The van der Waals surface area contributed by atoms with Crippen LogP contribution in [0.1, 0.15) is 25.3 Å². The van der Waals surface area contributed by atoms with Gasteiger partial charge in [0.1, 0.15) is 23.2 Å². The van der Waals surface area contributed by atoms with Crippen LogP contribution < -0.4 is 5.73 Å². The predicted molar refractivity (Wildman–Crippen MR) is 93.9 cm³/mol. The Hall–Kier alpha value is -3.33. The van der Waals surface area contributed by atoms with E-state index in [2.05, 4.69) is 0 Å². The number of allylic oxidation sites excluding steroid dienone is 2. The van der Waals surface area contributed by atoms with Crippen molar-refractivity contribution in [3.8, 4) is 6.07 Å². The second kappa shape index (κ2) is 6.89. The first-order valence-electron chi connectivity index (χ1n) is 8.12. The molecule has 1 heterocycles. The van der Waals surface area contributed by atoms with Gasteiger partial charge in [0, 0.05) is 10.9 Å². The van der Waals surface area contributed by atoms with Crippen molar-refractivity contribution < 1.29 is 18.7 Å². The lowest BCUT2D eigenvalue weighted by Gasteiger charge is -2.27. The zero-order chi connectivity index (χ0) is 18.8. The number of nitrogens with two attached hydrogens (primary N) is 1. The molecule has 0 amide bonds. The molecule has 0 aromatic heterocycles. The third-order valence-corrected chi connectivity index (χ3v) is 4.31. The molecule has 0 fully saturated rings. The number of carbonyl (C=O) groups is 1. The minimum absolute atomic E-state index is 0.0205. The maximum absolute atomic E-state index is 15.3. The van der Waals surface area contributed by atoms with E-state index < -0.39 is 17.7 Å². The molecule has 3 rings (SSSR count). The van der Waals surface area contributed by atoms with E-state index >= 15 is 4.39 Å². The van der Waals surface area contributed by atoms with Crippen LogP contribution in [0.25, 0.3) is 10.8 Å². The highest BCUT2D eigenvalue weighted by atomic mass is 19.1. The lowest BCUT2D eigenvalue weighted by atomic mass is 9.82. The molecule has 1 aliphatic heterocycles. The SMILES string of the molecule is CCOC(=O)C1=C(C)OC(N)=C(C#N)C1c1ccc2ccccc2c1F. The van der Waals surface area contributed by atoms with Gasteiger partial charge in [-0.05, 0) is 19.2 Å². The molecule has 2 aromatic rings. The topological polar surface area (TPSA) is 85.3 Å². The molecule has 2 N–H and O–H groups in total. The van der Waals surface area contributed by atoms with E-state index in [4.69, 9.17) is 15.2 Å². The summed E-state index contributed by atoms with van der Waals surface area (Å²) >= 11 is 0. The quantitative estimate of drug-likeness (QED) is 0.853. The Kier molecular flexibility index (Phi) is 4.63. The normalized spacial score (nSPS) is 17.1. The summed E-state index contributed by atoms with van der Waals surface area (Å²) in [5.41, 5.74) is 6.06. The summed E-state index contributed by atoms with van der Waals surface area (Å²) < 4.78 is 25.7. The standard InChI is InChI=1S/C20H17FN2O3/c1-3-25-20(24)16-11(2)26-19(23)15(10-22)17(16)14-9-8-12-6-4-5-7-13(12)18(14)21/h4-9,17H,3,23H2,1-2H3. The smallest absolute Gasteiger partial charge is 0.338 e. The third kappa shape index (κ3) is 2.78. The Morgan fingerprint density at radius 1 is 1.35 bits per heavy atom. The van der Waals surface area contributed by atoms with Gasteiger partial charge in [0.2, 0.25) is 5.88 Å². The molecule has 0 bridgehead atoms. The summed E-state index contributed by atoms with van der Waals surface area (Å²) in [7, 11) is 0. The van der Waals surface area contributed by atoms with Gasteiger partial charge in [-0.15, -0.1) is 0 Å². The van der Waals surface area contributed by atoms with Gasteiger partial charge in [-0.2, -0.15) is 5.26 Å². The van der Waals surface area contributed by atoms with Gasteiger partial charge in [0.15, 0.2) is 0 Å². The Bertz CT molecular complexity index is 1000. The fraction of sp³-hybridized carbons (Fsp3) is 0.200. The lowest BCUT2D eigenvalue weighted by molar-refractivity contribution is -0.139. The second-order valence-corrected chi connectivity index (χ2v) is 5.81. The molecule has 1 unspecified atom stereocenters. The van der Waals surface area contributed by atoms with Gasteiger partial charge in [0.05, 0.1) is 18.1 Å². The van der Waals surface area contributed by atoms with Crippen molar-refractivity contribution in [2.45, 2.75) is 19.8 Å². The highest BCUT2D eigenvalue weighted by Gasteiger charge is 2.37. The van der Waals surface area contributed by atoms with Crippen molar-refractivity contribution in [3.63, 3.8) is 0 Å². The van der Waals surface area contributed by atoms with Crippen LogP contribution in [-0.2, 0) is 14.3 Å². The fourth-order valence-electron chi connectivity index (χ4n) is 3.14. The molecule has 0 radical (unpaired) electrons. The molecular formula is C20H17FN2O3. The summed E-state index contributed by atoms with van der Waals surface area (Å²) in [6, 6.07) is 12.2. The zero-order valence-electron chi connectivity index (χ0n) is 14.4. The largest absolute Gasteiger partial charge is 0.463 e. The number of nitrogens with zero attached hydrogens (tertiary/aromatic N) is 1. The number of hydrogen-bond donors (Lipinski definition) is 1. The third-order valence-electron chi connectivity index (χ3n) is 4.31. The van der Waals surface area contributed by atoms with Crippen LogP contribution in [0.3, 0.4) is 0 Å². The van der Waals surface area contributed by atoms with Crippen molar-refractivity contribution in [2.24, 2.45) is 5.73 Å². The van der Waals surface area contributed by atoms with Gasteiger partial charge in [-0.25, -0.2) is 9.18 Å². The zero-order valence-corrected chi connectivity index (χ0v) is 14.4.